The van der Waals surface area contributed by atoms with Crippen LogP contribution < -0.4 is 0 Å². The van der Waals surface area contributed by atoms with E-state index >= 15 is 0 Å². The Labute approximate surface area is 129 Å². The summed E-state index contributed by atoms with van der Waals surface area (Å²) in [5.74, 6) is -1.09. The Balaban J connectivity index is 2.58. The number of hydrogen-bond donors (Lipinski definition) is 1. The molecule has 1 aromatic carbocycles. The Morgan fingerprint density at radius 1 is 1.48 bits per heavy atom. The van der Waals surface area contributed by atoms with Gasteiger partial charge in [-0.3, -0.25) is 4.79 Å². The van der Waals surface area contributed by atoms with Crippen LogP contribution >= 0.6 is 11.6 Å². The molecule has 116 valence electrons. The van der Waals surface area contributed by atoms with E-state index in [9.17, 15) is 18.3 Å². The maximum atomic E-state index is 12.9. The second-order valence-electron chi connectivity index (χ2n) is 5.28. The monoisotopic (exact) mass is 331 g/mol. The zero-order valence-electron chi connectivity index (χ0n) is 12.0. The van der Waals surface area contributed by atoms with E-state index in [0.29, 0.717) is 23.4 Å². The zero-order chi connectivity index (χ0) is 15.8. The summed E-state index contributed by atoms with van der Waals surface area (Å²) in [4.78, 5) is 11.7. The topological polar surface area (TPSA) is 74.7 Å². The van der Waals surface area contributed by atoms with Gasteiger partial charge < -0.3 is 5.11 Å². The van der Waals surface area contributed by atoms with E-state index in [0.717, 1.165) is 4.31 Å². The highest BCUT2D eigenvalue weighted by Crippen LogP contribution is 2.38. The van der Waals surface area contributed by atoms with Gasteiger partial charge in [-0.05, 0) is 43.9 Å². The van der Waals surface area contributed by atoms with Crippen LogP contribution in [0.3, 0.4) is 0 Å². The van der Waals surface area contributed by atoms with Crippen molar-refractivity contribution in [3.63, 3.8) is 0 Å². The summed E-state index contributed by atoms with van der Waals surface area (Å²) in [5, 5.41) is 9.85. The first kappa shape index (κ1) is 16.3. The lowest BCUT2D eigenvalue weighted by molar-refractivity contribution is -0.147. The van der Waals surface area contributed by atoms with Crippen molar-refractivity contribution >= 4 is 27.6 Å². The predicted molar refractivity (Wildman–Crippen MR) is 80.0 cm³/mol. The number of hydrogen-bond acceptors (Lipinski definition) is 3. The highest BCUT2D eigenvalue weighted by molar-refractivity contribution is 7.89. The first-order valence-corrected chi connectivity index (χ1v) is 8.60. The molecule has 2 rings (SSSR count). The van der Waals surface area contributed by atoms with Crippen molar-refractivity contribution in [2.75, 3.05) is 6.54 Å². The smallest absolute Gasteiger partial charge is 0.325 e. The average molecular weight is 332 g/mol. The number of halogens is 1. The molecule has 1 aromatic rings. The van der Waals surface area contributed by atoms with Crippen LogP contribution in [-0.2, 0) is 14.8 Å². The van der Waals surface area contributed by atoms with Gasteiger partial charge in [-0.2, -0.15) is 4.31 Å². The maximum Gasteiger partial charge on any atom is 0.325 e. The van der Waals surface area contributed by atoms with Crippen molar-refractivity contribution in [3.05, 3.63) is 28.8 Å². The van der Waals surface area contributed by atoms with Gasteiger partial charge in [-0.1, -0.05) is 24.6 Å². The van der Waals surface area contributed by atoms with Gasteiger partial charge in [-0.15, -0.1) is 0 Å². The molecule has 0 spiro atoms. The molecular formula is C14H18ClNO4S. The van der Waals surface area contributed by atoms with Gasteiger partial charge >= 0.3 is 5.97 Å². The molecule has 0 bridgehead atoms. The number of rotatable bonds is 4. The molecule has 21 heavy (non-hydrogen) atoms. The van der Waals surface area contributed by atoms with Crippen molar-refractivity contribution in [1.82, 2.24) is 4.31 Å². The Kier molecular flexibility index (Phi) is 4.33. The Morgan fingerprint density at radius 2 is 2.14 bits per heavy atom. The lowest BCUT2D eigenvalue weighted by Crippen LogP contribution is -2.52. The van der Waals surface area contributed by atoms with Crippen molar-refractivity contribution in [1.29, 1.82) is 0 Å². The van der Waals surface area contributed by atoms with Crippen LogP contribution in [0.5, 0.6) is 0 Å². The lowest BCUT2D eigenvalue weighted by atomic mass is 9.95. The summed E-state index contributed by atoms with van der Waals surface area (Å²) in [6, 6.07) is 4.62. The molecule has 0 aromatic heterocycles. The van der Waals surface area contributed by atoms with Crippen LogP contribution in [-0.4, -0.2) is 35.9 Å². The molecule has 7 heteroatoms. The lowest BCUT2D eigenvalue weighted by Gasteiger charge is -2.33. The van der Waals surface area contributed by atoms with Crippen LogP contribution in [0.1, 0.15) is 31.7 Å². The normalized spacial score (nSPS) is 23.4. The van der Waals surface area contributed by atoms with Gasteiger partial charge in [0.1, 0.15) is 5.54 Å². The van der Waals surface area contributed by atoms with Crippen LogP contribution in [0.15, 0.2) is 23.1 Å². The molecule has 1 saturated heterocycles. The summed E-state index contributed by atoms with van der Waals surface area (Å²) in [7, 11) is -3.89. The number of nitrogens with zero attached hydrogens (tertiary/aromatic N) is 1. The summed E-state index contributed by atoms with van der Waals surface area (Å²) in [6.07, 6.45) is 1.11. The summed E-state index contributed by atoms with van der Waals surface area (Å²) < 4.78 is 26.9. The van der Waals surface area contributed by atoms with E-state index in [2.05, 4.69) is 0 Å². The Hall–Kier alpha value is -1.11. The van der Waals surface area contributed by atoms with E-state index in [-0.39, 0.29) is 17.9 Å². The highest BCUT2D eigenvalue weighted by atomic mass is 35.5. The molecule has 1 aliphatic rings. The van der Waals surface area contributed by atoms with Crippen LogP contribution in [0.4, 0.5) is 0 Å². The summed E-state index contributed by atoms with van der Waals surface area (Å²) >= 11 is 5.90. The third kappa shape index (κ3) is 2.56. The first-order chi connectivity index (χ1) is 9.75. The average Bonchev–Trinajstić information content (AvgIpc) is 2.87. The third-order valence-electron chi connectivity index (χ3n) is 4.13. The predicted octanol–water partition coefficient (Wildman–Crippen LogP) is 2.67. The first-order valence-electron chi connectivity index (χ1n) is 6.78. The van der Waals surface area contributed by atoms with Gasteiger partial charge in [0.2, 0.25) is 10.0 Å². The van der Waals surface area contributed by atoms with Crippen LogP contribution in [0, 0.1) is 6.92 Å². The van der Waals surface area contributed by atoms with Crippen LogP contribution in [0.2, 0.25) is 5.02 Å². The fraction of sp³-hybridized carbons (Fsp3) is 0.500. The molecule has 1 N–H and O–H groups in total. The van der Waals surface area contributed by atoms with E-state index in [1.165, 1.54) is 6.07 Å². The Bertz CT molecular complexity index is 674. The largest absolute Gasteiger partial charge is 0.480 e. The van der Waals surface area contributed by atoms with Gasteiger partial charge in [-0.25, -0.2) is 8.42 Å². The minimum absolute atomic E-state index is 0.0796. The fourth-order valence-electron chi connectivity index (χ4n) is 2.89. The van der Waals surface area contributed by atoms with Crippen molar-refractivity contribution in [2.24, 2.45) is 0 Å². The molecule has 1 atom stereocenters. The van der Waals surface area contributed by atoms with Crippen LogP contribution in [0.25, 0.3) is 0 Å². The van der Waals surface area contributed by atoms with Gasteiger partial charge in [0.05, 0.1) is 4.90 Å². The SMILES string of the molecule is CCC1(C(=O)O)CCCN1S(=O)(=O)c1cc(Cl)ccc1C. The number of sulfonamides is 1. The minimum Gasteiger partial charge on any atom is -0.480 e. The van der Waals surface area contributed by atoms with E-state index in [1.54, 1.807) is 26.0 Å². The quantitative estimate of drug-likeness (QED) is 0.920. The number of carboxylic acids is 1. The number of carbonyl (C=O) groups is 1. The molecule has 0 aliphatic carbocycles. The van der Waals surface area contributed by atoms with Gasteiger partial charge in [0, 0.05) is 11.6 Å². The highest BCUT2D eigenvalue weighted by Gasteiger charge is 2.52. The molecule has 5 nitrogen and oxygen atoms in total. The standard InChI is InChI=1S/C14H18ClNO4S/c1-3-14(13(17)18)7-4-8-16(14)21(19,20)12-9-11(15)6-5-10(12)2/h5-6,9H,3-4,7-8H2,1-2H3,(H,17,18). The van der Waals surface area contributed by atoms with Crippen molar-refractivity contribution in [2.45, 2.75) is 43.5 Å². The summed E-state index contributed by atoms with van der Waals surface area (Å²) in [6.45, 7) is 3.59. The number of benzene rings is 1. The number of carboxylic acid groups (broad SMARTS) is 1. The Morgan fingerprint density at radius 3 is 2.71 bits per heavy atom. The molecule has 0 amide bonds. The van der Waals surface area contributed by atoms with E-state index < -0.39 is 21.5 Å². The fourth-order valence-corrected chi connectivity index (χ4v) is 5.25. The molecule has 1 unspecified atom stereocenters. The zero-order valence-corrected chi connectivity index (χ0v) is 13.5. The van der Waals surface area contributed by atoms with E-state index in [4.69, 9.17) is 11.6 Å². The van der Waals surface area contributed by atoms with Crippen molar-refractivity contribution < 1.29 is 18.3 Å². The second kappa shape index (κ2) is 5.59. The maximum absolute atomic E-state index is 12.9. The molecule has 1 fully saturated rings. The molecular weight excluding hydrogens is 314 g/mol. The molecule has 0 radical (unpaired) electrons. The number of aryl methyl sites for hydroxylation is 1. The van der Waals surface area contributed by atoms with Crippen molar-refractivity contribution in [3.8, 4) is 0 Å². The second-order valence-corrected chi connectivity index (χ2v) is 7.55. The molecule has 0 saturated carbocycles. The third-order valence-corrected chi connectivity index (χ3v) is 6.47. The minimum atomic E-state index is -3.89. The molecule has 1 aliphatic heterocycles. The number of aliphatic carboxylic acids is 1. The van der Waals surface area contributed by atoms with Gasteiger partial charge in [0.25, 0.3) is 0 Å². The molecule has 1 heterocycles. The van der Waals surface area contributed by atoms with E-state index in [1.807, 2.05) is 0 Å². The summed E-state index contributed by atoms with van der Waals surface area (Å²) in [5.41, 5.74) is -0.796. The van der Waals surface area contributed by atoms with Gasteiger partial charge in [0.15, 0.2) is 0 Å².